The van der Waals surface area contributed by atoms with Gasteiger partial charge in [-0.15, -0.1) is 0 Å². The number of hydrogen-bond donors (Lipinski definition) is 2. The molecule has 2 heteroatoms. The van der Waals surface area contributed by atoms with E-state index in [2.05, 4.69) is 38.3 Å². The second kappa shape index (κ2) is 5.72. The van der Waals surface area contributed by atoms with E-state index in [1.807, 2.05) is 0 Å². The summed E-state index contributed by atoms with van der Waals surface area (Å²) >= 11 is 0. The van der Waals surface area contributed by atoms with Gasteiger partial charge >= 0.3 is 0 Å². The SMILES string of the molecule is CC(C)C(C)CNCC1CNCC1C. The van der Waals surface area contributed by atoms with Crippen LogP contribution in [0.4, 0.5) is 0 Å². The second-order valence-electron chi connectivity index (χ2n) is 5.28. The van der Waals surface area contributed by atoms with Crippen LogP contribution in [-0.4, -0.2) is 26.2 Å². The van der Waals surface area contributed by atoms with Crippen molar-refractivity contribution in [2.24, 2.45) is 23.7 Å². The minimum atomic E-state index is 0.791. The molecule has 84 valence electrons. The Morgan fingerprint density at radius 2 is 2.00 bits per heavy atom. The molecule has 1 aliphatic rings. The molecular formula is C12H26N2. The molecule has 1 saturated heterocycles. The Morgan fingerprint density at radius 1 is 1.29 bits per heavy atom. The molecule has 0 amide bonds. The van der Waals surface area contributed by atoms with E-state index in [1.54, 1.807) is 0 Å². The Balaban J connectivity index is 2.09. The van der Waals surface area contributed by atoms with Crippen LogP contribution >= 0.6 is 0 Å². The lowest BCUT2D eigenvalue weighted by molar-refractivity contribution is 0.358. The molecule has 3 atom stereocenters. The van der Waals surface area contributed by atoms with Gasteiger partial charge in [0.25, 0.3) is 0 Å². The summed E-state index contributed by atoms with van der Waals surface area (Å²) < 4.78 is 0. The van der Waals surface area contributed by atoms with Gasteiger partial charge in [0.15, 0.2) is 0 Å². The maximum absolute atomic E-state index is 3.60. The highest BCUT2D eigenvalue weighted by Gasteiger charge is 2.22. The van der Waals surface area contributed by atoms with Gasteiger partial charge in [-0.25, -0.2) is 0 Å². The first-order valence-corrected chi connectivity index (χ1v) is 6.02. The Hall–Kier alpha value is -0.0800. The Kier molecular flexibility index (Phi) is 4.90. The number of rotatable bonds is 5. The van der Waals surface area contributed by atoms with Crippen molar-refractivity contribution in [3.05, 3.63) is 0 Å². The quantitative estimate of drug-likeness (QED) is 0.703. The van der Waals surface area contributed by atoms with Crippen LogP contribution in [0.5, 0.6) is 0 Å². The predicted molar refractivity (Wildman–Crippen MR) is 62.4 cm³/mol. The van der Waals surface area contributed by atoms with E-state index in [0.29, 0.717) is 0 Å². The zero-order valence-electron chi connectivity index (χ0n) is 10.1. The summed E-state index contributed by atoms with van der Waals surface area (Å²) in [6.45, 7) is 14.0. The zero-order chi connectivity index (χ0) is 10.6. The first-order valence-electron chi connectivity index (χ1n) is 6.02. The van der Waals surface area contributed by atoms with Gasteiger partial charge in [-0.05, 0) is 49.9 Å². The van der Waals surface area contributed by atoms with Crippen molar-refractivity contribution in [1.82, 2.24) is 10.6 Å². The summed E-state index contributed by atoms with van der Waals surface area (Å²) in [5.41, 5.74) is 0. The van der Waals surface area contributed by atoms with E-state index >= 15 is 0 Å². The molecule has 0 aromatic heterocycles. The van der Waals surface area contributed by atoms with E-state index < -0.39 is 0 Å². The summed E-state index contributed by atoms with van der Waals surface area (Å²) in [6.07, 6.45) is 0. The standard InChI is InChI=1S/C12H26N2/c1-9(2)10(3)5-13-7-12-8-14-6-11(12)4/h9-14H,5-8H2,1-4H3. The first-order chi connectivity index (χ1) is 6.61. The van der Waals surface area contributed by atoms with Gasteiger partial charge in [-0.3, -0.25) is 0 Å². The largest absolute Gasteiger partial charge is 0.316 e. The van der Waals surface area contributed by atoms with Gasteiger partial charge in [-0.2, -0.15) is 0 Å². The molecule has 2 nitrogen and oxygen atoms in total. The van der Waals surface area contributed by atoms with Gasteiger partial charge in [-0.1, -0.05) is 27.7 Å². The van der Waals surface area contributed by atoms with Gasteiger partial charge in [0.2, 0.25) is 0 Å². The summed E-state index contributed by atoms with van der Waals surface area (Å²) in [4.78, 5) is 0. The highest BCUT2D eigenvalue weighted by Crippen LogP contribution is 2.15. The van der Waals surface area contributed by atoms with Crippen molar-refractivity contribution in [2.45, 2.75) is 27.7 Å². The molecule has 0 radical (unpaired) electrons. The van der Waals surface area contributed by atoms with Crippen LogP contribution in [0, 0.1) is 23.7 Å². The lowest BCUT2D eigenvalue weighted by Crippen LogP contribution is -2.31. The minimum absolute atomic E-state index is 0.791. The molecular weight excluding hydrogens is 172 g/mol. The van der Waals surface area contributed by atoms with Gasteiger partial charge in [0, 0.05) is 0 Å². The third-order valence-electron chi connectivity index (χ3n) is 3.69. The van der Waals surface area contributed by atoms with Crippen molar-refractivity contribution >= 4 is 0 Å². The smallest absolute Gasteiger partial charge is 0.000523 e. The maximum Gasteiger partial charge on any atom is -0.000523 e. The van der Waals surface area contributed by atoms with Gasteiger partial charge < -0.3 is 10.6 Å². The molecule has 0 aromatic rings. The average molecular weight is 198 g/mol. The Bertz CT molecular complexity index is 156. The van der Waals surface area contributed by atoms with Crippen LogP contribution in [0.25, 0.3) is 0 Å². The third kappa shape index (κ3) is 3.58. The van der Waals surface area contributed by atoms with Crippen LogP contribution in [0.15, 0.2) is 0 Å². The van der Waals surface area contributed by atoms with Crippen LogP contribution < -0.4 is 10.6 Å². The summed E-state index contributed by atoms with van der Waals surface area (Å²) in [6, 6.07) is 0. The van der Waals surface area contributed by atoms with Crippen molar-refractivity contribution < 1.29 is 0 Å². The Morgan fingerprint density at radius 3 is 2.50 bits per heavy atom. The molecule has 0 spiro atoms. The normalized spacial score (nSPS) is 29.8. The van der Waals surface area contributed by atoms with E-state index in [0.717, 1.165) is 23.7 Å². The zero-order valence-corrected chi connectivity index (χ0v) is 10.1. The molecule has 1 rings (SSSR count). The van der Waals surface area contributed by atoms with Crippen molar-refractivity contribution in [3.63, 3.8) is 0 Å². The molecule has 1 aliphatic heterocycles. The van der Waals surface area contributed by atoms with Gasteiger partial charge in [0.05, 0.1) is 0 Å². The van der Waals surface area contributed by atoms with E-state index in [9.17, 15) is 0 Å². The first kappa shape index (κ1) is 12.0. The molecule has 2 N–H and O–H groups in total. The summed E-state index contributed by atoms with van der Waals surface area (Å²) in [5.74, 6) is 3.27. The fraction of sp³-hybridized carbons (Fsp3) is 1.00. The van der Waals surface area contributed by atoms with Crippen LogP contribution in [0.1, 0.15) is 27.7 Å². The summed E-state index contributed by atoms with van der Waals surface area (Å²) in [5, 5.41) is 7.04. The van der Waals surface area contributed by atoms with Crippen molar-refractivity contribution in [1.29, 1.82) is 0 Å². The highest BCUT2D eigenvalue weighted by molar-refractivity contribution is 4.79. The monoisotopic (exact) mass is 198 g/mol. The fourth-order valence-corrected chi connectivity index (χ4v) is 1.87. The van der Waals surface area contributed by atoms with Crippen molar-refractivity contribution in [2.75, 3.05) is 26.2 Å². The maximum atomic E-state index is 3.60. The number of nitrogens with one attached hydrogen (secondary N) is 2. The molecule has 1 heterocycles. The second-order valence-corrected chi connectivity index (χ2v) is 5.28. The Labute approximate surface area is 88.8 Å². The average Bonchev–Trinajstić information content (AvgIpc) is 2.51. The van der Waals surface area contributed by atoms with Crippen molar-refractivity contribution in [3.8, 4) is 0 Å². The van der Waals surface area contributed by atoms with E-state index in [-0.39, 0.29) is 0 Å². The molecule has 0 saturated carbocycles. The minimum Gasteiger partial charge on any atom is -0.316 e. The topological polar surface area (TPSA) is 24.1 Å². The molecule has 0 aromatic carbocycles. The molecule has 14 heavy (non-hydrogen) atoms. The van der Waals surface area contributed by atoms with Crippen LogP contribution in [-0.2, 0) is 0 Å². The fourth-order valence-electron chi connectivity index (χ4n) is 1.87. The molecule has 0 aliphatic carbocycles. The van der Waals surface area contributed by atoms with Gasteiger partial charge in [0.1, 0.15) is 0 Å². The lowest BCUT2D eigenvalue weighted by Gasteiger charge is -2.19. The van der Waals surface area contributed by atoms with Crippen LogP contribution in [0.2, 0.25) is 0 Å². The highest BCUT2D eigenvalue weighted by atomic mass is 14.9. The van der Waals surface area contributed by atoms with E-state index in [1.165, 1.54) is 26.2 Å². The molecule has 1 fully saturated rings. The molecule has 0 bridgehead atoms. The lowest BCUT2D eigenvalue weighted by atomic mass is 9.96. The van der Waals surface area contributed by atoms with Crippen LogP contribution in [0.3, 0.4) is 0 Å². The molecule has 3 unspecified atom stereocenters. The third-order valence-corrected chi connectivity index (χ3v) is 3.69. The summed E-state index contributed by atoms with van der Waals surface area (Å²) in [7, 11) is 0. The number of hydrogen-bond acceptors (Lipinski definition) is 2. The van der Waals surface area contributed by atoms with E-state index in [4.69, 9.17) is 0 Å². The predicted octanol–water partition coefficient (Wildman–Crippen LogP) is 1.72.